The highest BCUT2D eigenvalue weighted by atomic mass is 16.5. The van der Waals surface area contributed by atoms with Gasteiger partial charge in [0.05, 0.1) is 6.61 Å². The van der Waals surface area contributed by atoms with Crippen LogP contribution in [0, 0.1) is 13.8 Å². The molecule has 2 aliphatic rings. The van der Waals surface area contributed by atoms with Crippen LogP contribution in [0.25, 0.3) is 0 Å². The van der Waals surface area contributed by atoms with E-state index in [4.69, 9.17) is 4.74 Å². The van der Waals surface area contributed by atoms with Gasteiger partial charge in [0, 0.05) is 17.6 Å². The van der Waals surface area contributed by atoms with E-state index < -0.39 is 0 Å². The maximum absolute atomic E-state index is 5.88. The highest BCUT2D eigenvalue weighted by Crippen LogP contribution is 2.35. The molecule has 1 atom stereocenters. The van der Waals surface area contributed by atoms with Crippen LogP contribution in [-0.4, -0.2) is 12.6 Å². The van der Waals surface area contributed by atoms with Crippen molar-refractivity contribution in [1.29, 1.82) is 0 Å². The Morgan fingerprint density at radius 3 is 2.65 bits per heavy atom. The minimum atomic E-state index is 0.499. The summed E-state index contributed by atoms with van der Waals surface area (Å²) in [6, 6.07) is 5.78. The lowest BCUT2D eigenvalue weighted by Crippen LogP contribution is -2.23. The summed E-state index contributed by atoms with van der Waals surface area (Å²) in [6.45, 7) is 5.21. The monoisotopic (exact) mass is 231 g/mol. The van der Waals surface area contributed by atoms with E-state index in [2.05, 4.69) is 31.3 Å². The molecule has 0 saturated heterocycles. The zero-order valence-electron chi connectivity index (χ0n) is 10.8. The van der Waals surface area contributed by atoms with Crippen molar-refractivity contribution in [2.45, 2.75) is 51.6 Å². The number of benzene rings is 1. The summed E-state index contributed by atoms with van der Waals surface area (Å²) < 4.78 is 5.88. The van der Waals surface area contributed by atoms with Crippen molar-refractivity contribution in [2.24, 2.45) is 0 Å². The van der Waals surface area contributed by atoms with Crippen LogP contribution in [0.5, 0.6) is 5.75 Å². The molecule has 92 valence electrons. The number of fused-ring (bicyclic) bond motifs is 1. The second kappa shape index (κ2) is 4.34. The molecule has 1 aliphatic carbocycles. The first-order valence-corrected chi connectivity index (χ1v) is 6.74. The first-order chi connectivity index (χ1) is 8.24. The van der Waals surface area contributed by atoms with Crippen molar-refractivity contribution in [3.8, 4) is 5.75 Å². The van der Waals surface area contributed by atoms with Crippen molar-refractivity contribution in [2.75, 3.05) is 6.61 Å². The Morgan fingerprint density at radius 2 is 1.88 bits per heavy atom. The Balaban J connectivity index is 1.94. The molecule has 1 aromatic carbocycles. The summed E-state index contributed by atoms with van der Waals surface area (Å²) in [4.78, 5) is 0. The molecular formula is C15H21NO. The normalized spacial score (nSPS) is 23.8. The number of ether oxygens (including phenoxy) is 1. The van der Waals surface area contributed by atoms with Crippen molar-refractivity contribution in [3.05, 3.63) is 28.8 Å². The molecule has 17 heavy (non-hydrogen) atoms. The molecule has 2 nitrogen and oxygen atoms in total. The SMILES string of the molecule is Cc1cc2c(cc1C)[C@@H](NC1CC1)CCCO2. The van der Waals surface area contributed by atoms with Crippen LogP contribution in [0.15, 0.2) is 12.1 Å². The third-order valence-electron chi connectivity index (χ3n) is 3.91. The van der Waals surface area contributed by atoms with Crippen LogP contribution in [0.3, 0.4) is 0 Å². The summed E-state index contributed by atoms with van der Waals surface area (Å²) in [5.74, 6) is 1.10. The number of hydrogen-bond donors (Lipinski definition) is 1. The summed E-state index contributed by atoms with van der Waals surface area (Å²) in [5.41, 5.74) is 4.07. The van der Waals surface area contributed by atoms with Gasteiger partial charge in [0.25, 0.3) is 0 Å². The second-order valence-electron chi connectivity index (χ2n) is 5.46. The predicted octanol–water partition coefficient (Wildman–Crippen LogP) is 3.27. The number of rotatable bonds is 2. The van der Waals surface area contributed by atoms with Crippen LogP contribution < -0.4 is 10.1 Å². The molecule has 1 aromatic rings. The summed E-state index contributed by atoms with van der Waals surface area (Å²) >= 11 is 0. The van der Waals surface area contributed by atoms with E-state index in [9.17, 15) is 0 Å². The average Bonchev–Trinajstić information content (AvgIpc) is 3.11. The average molecular weight is 231 g/mol. The Bertz CT molecular complexity index is 423. The van der Waals surface area contributed by atoms with Crippen LogP contribution in [-0.2, 0) is 0 Å². The fourth-order valence-corrected chi connectivity index (χ4v) is 2.54. The topological polar surface area (TPSA) is 21.3 Å². The summed E-state index contributed by atoms with van der Waals surface area (Å²) in [6.07, 6.45) is 5.04. The van der Waals surface area contributed by atoms with Crippen LogP contribution >= 0.6 is 0 Å². The molecule has 0 bridgehead atoms. The summed E-state index contributed by atoms with van der Waals surface area (Å²) in [7, 11) is 0. The molecule has 1 heterocycles. The fourth-order valence-electron chi connectivity index (χ4n) is 2.54. The zero-order valence-corrected chi connectivity index (χ0v) is 10.8. The molecular weight excluding hydrogens is 210 g/mol. The predicted molar refractivity (Wildman–Crippen MR) is 69.5 cm³/mol. The minimum Gasteiger partial charge on any atom is -0.493 e. The van der Waals surface area contributed by atoms with Gasteiger partial charge in [0.2, 0.25) is 0 Å². The van der Waals surface area contributed by atoms with Crippen molar-refractivity contribution in [3.63, 3.8) is 0 Å². The van der Waals surface area contributed by atoms with E-state index in [1.165, 1.54) is 36.0 Å². The standard InChI is InChI=1S/C15H21NO/c1-10-8-13-14(16-12-5-6-12)4-3-7-17-15(13)9-11(10)2/h8-9,12,14,16H,3-7H2,1-2H3/t14-/m0/s1. The van der Waals surface area contributed by atoms with Gasteiger partial charge in [-0.3, -0.25) is 0 Å². The van der Waals surface area contributed by atoms with E-state index in [-0.39, 0.29) is 0 Å². The zero-order chi connectivity index (χ0) is 11.8. The van der Waals surface area contributed by atoms with E-state index >= 15 is 0 Å². The first-order valence-electron chi connectivity index (χ1n) is 6.74. The lowest BCUT2D eigenvalue weighted by molar-refractivity contribution is 0.315. The van der Waals surface area contributed by atoms with E-state index in [0.717, 1.165) is 24.8 Å². The third-order valence-corrected chi connectivity index (χ3v) is 3.91. The van der Waals surface area contributed by atoms with Gasteiger partial charge in [0.1, 0.15) is 5.75 Å². The van der Waals surface area contributed by atoms with Crippen molar-refractivity contribution >= 4 is 0 Å². The molecule has 0 radical (unpaired) electrons. The minimum absolute atomic E-state index is 0.499. The number of aryl methyl sites for hydroxylation is 2. The van der Waals surface area contributed by atoms with Gasteiger partial charge in [-0.15, -0.1) is 0 Å². The molecule has 1 saturated carbocycles. The molecule has 1 aliphatic heterocycles. The van der Waals surface area contributed by atoms with Crippen LogP contribution in [0.4, 0.5) is 0 Å². The lowest BCUT2D eigenvalue weighted by atomic mass is 9.97. The quantitative estimate of drug-likeness (QED) is 0.843. The molecule has 0 aromatic heterocycles. The van der Waals surface area contributed by atoms with Gasteiger partial charge in [-0.25, -0.2) is 0 Å². The van der Waals surface area contributed by atoms with Crippen molar-refractivity contribution in [1.82, 2.24) is 5.32 Å². The largest absolute Gasteiger partial charge is 0.493 e. The molecule has 3 rings (SSSR count). The van der Waals surface area contributed by atoms with E-state index in [0.29, 0.717) is 6.04 Å². The Kier molecular flexibility index (Phi) is 2.83. The van der Waals surface area contributed by atoms with Gasteiger partial charge in [0.15, 0.2) is 0 Å². The van der Waals surface area contributed by atoms with Gasteiger partial charge < -0.3 is 10.1 Å². The number of nitrogens with one attached hydrogen (secondary N) is 1. The fraction of sp³-hybridized carbons (Fsp3) is 0.600. The Hall–Kier alpha value is -1.02. The Labute approximate surface area is 103 Å². The molecule has 0 amide bonds. The lowest BCUT2D eigenvalue weighted by Gasteiger charge is -2.19. The van der Waals surface area contributed by atoms with Gasteiger partial charge in [-0.1, -0.05) is 6.07 Å². The van der Waals surface area contributed by atoms with E-state index in [1.807, 2.05) is 0 Å². The molecule has 1 N–H and O–H groups in total. The van der Waals surface area contributed by atoms with Gasteiger partial charge in [-0.2, -0.15) is 0 Å². The maximum atomic E-state index is 5.88. The highest BCUT2D eigenvalue weighted by molar-refractivity contribution is 5.44. The highest BCUT2D eigenvalue weighted by Gasteiger charge is 2.28. The Morgan fingerprint density at radius 1 is 1.12 bits per heavy atom. The number of hydrogen-bond acceptors (Lipinski definition) is 2. The van der Waals surface area contributed by atoms with Crippen LogP contribution in [0.1, 0.15) is 48.4 Å². The van der Waals surface area contributed by atoms with Gasteiger partial charge in [-0.05, 0) is 56.7 Å². The molecule has 1 fully saturated rings. The maximum Gasteiger partial charge on any atom is 0.124 e. The molecule has 2 heteroatoms. The van der Waals surface area contributed by atoms with E-state index in [1.54, 1.807) is 0 Å². The smallest absolute Gasteiger partial charge is 0.124 e. The molecule has 0 unspecified atom stereocenters. The van der Waals surface area contributed by atoms with Crippen LogP contribution in [0.2, 0.25) is 0 Å². The van der Waals surface area contributed by atoms with Crippen molar-refractivity contribution < 1.29 is 4.74 Å². The summed E-state index contributed by atoms with van der Waals surface area (Å²) in [5, 5.41) is 3.76. The molecule has 0 spiro atoms. The second-order valence-corrected chi connectivity index (χ2v) is 5.46. The first kappa shape index (κ1) is 11.1. The van der Waals surface area contributed by atoms with Gasteiger partial charge >= 0.3 is 0 Å². The third kappa shape index (κ3) is 2.32.